The number of amides is 9. The minimum atomic E-state index is -1.53. The van der Waals surface area contributed by atoms with Gasteiger partial charge in [0.15, 0.2) is 0 Å². The SMILES string of the molecule is CC[C@H](C)[C@@H]([C@@H](CC(=O)N1CCC[C@H]1[C@H](OC)[C@@H](C)C(=O)N[C@H](CN)Cc1ccc(NC(O)[C@H](CC(N)=O)NC(=O)[C@H](C)NC(=O)[C@H](C)NC(=O)CCOCCOCCNC(=O)c2ccc3nc4c(nc3c2)CSC2CCCCCCCC(CC2)SC4)cc1)OC)N(C)C(=O)[C@@H](NC(=O)[C@H](C(C)C)N(C)C)C(C)C. The van der Waals surface area contributed by atoms with Gasteiger partial charge in [0.2, 0.25) is 47.3 Å². The van der Waals surface area contributed by atoms with E-state index in [-0.39, 0.29) is 99.6 Å². The maximum absolute atomic E-state index is 14.5. The fourth-order valence-corrected chi connectivity index (χ4v) is 17.3. The molecule has 610 valence electrons. The molecule has 0 radical (unpaired) electrons. The number of methoxy groups -OCH3 is 2. The van der Waals surface area contributed by atoms with E-state index in [0.717, 1.165) is 34.0 Å². The number of aliphatic hydroxyl groups excluding tert-OH is 1. The first-order valence-electron chi connectivity index (χ1n) is 39.3. The molecule has 1 saturated heterocycles. The van der Waals surface area contributed by atoms with Crippen LogP contribution >= 0.6 is 23.5 Å². The highest BCUT2D eigenvalue weighted by Gasteiger charge is 2.44. The number of carbonyl (C=O) groups is 9. The molecule has 1 saturated carbocycles. The van der Waals surface area contributed by atoms with Gasteiger partial charge in [0.1, 0.15) is 24.4 Å². The fraction of sp³-hybridized carbons (Fsp3) is 0.709. The van der Waals surface area contributed by atoms with E-state index in [9.17, 15) is 48.3 Å². The molecule has 15 atom stereocenters. The highest BCUT2D eigenvalue weighted by Crippen LogP contribution is 2.37. The Labute approximate surface area is 654 Å². The van der Waals surface area contributed by atoms with E-state index >= 15 is 0 Å². The molecule has 30 heteroatoms. The molecule has 9 amide bonds. The van der Waals surface area contributed by atoms with Crippen LogP contribution in [0.15, 0.2) is 42.5 Å². The van der Waals surface area contributed by atoms with Gasteiger partial charge in [0.25, 0.3) is 5.91 Å². The van der Waals surface area contributed by atoms with E-state index in [2.05, 4.69) is 37.2 Å². The number of ether oxygens (including phenoxy) is 4. The van der Waals surface area contributed by atoms with Gasteiger partial charge in [-0.2, -0.15) is 23.5 Å². The minimum Gasteiger partial charge on any atom is -0.379 e. The normalized spacial score (nSPS) is 19.8. The maximum atomic E-state index is 14.5. The minimum absolute atomic E-state index is 0.00152. The van der Waals surface area contributed by atoms with Crippen LogP contribution in [0, 0.1) is 23.7 Å². The molecule has 2 aromatic carbocycles. The number of primary amides is 1. The number of carbonyl (C=O) groups excluding carboxylic acids is 9. The summed E-state index contributed by atoms with van der Waals surface area (Å²) in [5.74, 6) is -3.33. The smallest absolute Gasteiger partial charge is 0.251 e. The first-order chi connectivity index (χ1) is 52.0. The molecule has 2 fully saturated rings. The van der Waals surface area contributed by atoms with E-state index in [1.807, 2.05) is 96.2 Å². The van der Waals surface area contributed by atoms with Gasteiger partial charge in [0, 0.05) is 86.6 Å². The second kappa shape index (κ2) is 46.3. The molecule has 0 spiro atoms. The Morgan fingerprint density at radius 3 is 1.87 bits per heavy atom. The van der Waals surface area contributed by atoms with Gasteiger partial charge in [-0.05, 0) is 127 Å². The lowest BCUT2D eigenvalue weighted by atomic mass is 9.89. The fourth-order valence-electron chi connectivity index (χ4n) is 14.8. The summed E-state index contributed by atoms with van der Waals surface area (Å²) in [7, 11) is 8.44. The van der Waals surface area contributed by atoms with Gasteiger partial charge in [-0.25, -0.2) is 9.97 Å². The molecule has 6 rings (SSSR count). The topological polar surface area (TPSA) is 383 Å². The number of fused-ring (bicyclic) bond motifs is 5. The number of nitrogens with two attached hydrogens (primary N) is 2. The summed E-state index contributed by atoms with van der Waals surface area (Å²) in [6, 6.07) is 6.14. The van der Waals surface area contributed by atoms with Crippen LogP contribution in [0.3, 0.4) is 0 Å². The van der Waals surface area contributed by atoms with Crippen LogP contribution in [0.2, 0.25) is 0 Å². The number of hydrogen-bond acceptors (Lipinski definition) is 21. The molecule has 3 aromatic rings. The number of aromatic nitrogens is 2. The Balaban J connectivity index is 0.894. The highest BCUT2D eigenvalue weighted by molar-refractivity contribution is 7.99. The summed E-state index contributed by atoms with van der Waals surface area (Å²) < 4.78 is 23.4. The monoisotopic (exact) mass is 1560 g/mol. The third kappa shape index (κ3) is 28.4. The zero-order valence-electron chi connectivity index (χ0n) is 67.0. The molecule has 1 aliphatic carbocycles. The van der Waals surface area contributed by atoms with Gasteiger partial charge < -0.3 is 82.5 Å². The average molecular weight is 1560 g/mol. The van der Waals surface area contributed by atoms with Crippen LogP contribution in [0.1, 0.15) is 186 Å². The standard InChI is InChI=1S/C79H128N14O14S2/c1-15-49(6)71(92(12)79(103)69(47(2)3)90-78(102)70(48(4)5)91(10)11)65(104-13)43-68(96)93-35-21-24-64(93)72(105-14)50(7)73(97)86-56(44-80)40-53-25-28-55(29-26-53)85-77(101)61(42-66(81)94)89-75(99)52(9)84-74(98)51(8)83-67(95)33-36-106-38-39-107-37-34-82-76(100)54-27-32-59-60(41-54)88-63-46-109-58-23-20-18-16-17-19-22-57(30-31-58)108-45-62(63)87-59/h25-29,32,41,47-52,56-58,61,64-65,69-72,77,85,101H,15-24,30-31,33-40,42-46,80H2,1-14H3,(H2,81,94)(H,82,100)(H,83,95)(H,84,98)(H,86,97)(H,89,99)(H,90,102)/t49-,50+,51-,52-,56-,57?,58?,61-,64-,65+,69-,70-,71-,72+,77?/m0/s1. The van der Waals surface area contributed by atoms with Gasteiger partial charge in [-0.15, -0.1) is 0 Å². The van der Waals surface area contributed by atoms with E-state index in [1.165, 1.54) is 85.9 Å². The molecule has 28 nitrogen and oxygen atoms in total. The Kier molecular flexibility index (Phi) is 38.7. The molecule has 3 aliphatic rings. The van der Waals surface area contributed by atoms with Gasteiger partial charge in [0.05, 0.1) is 104 Å². The summed E-state index contributed by atoms with van der Waals surface area (Å²) in [5.41, 5.74) is 17.0. The van der Waals surface area contributed by atoms with Crippen molar-refractivity contribution in [3.63, 3.8) is 0 Å². The van der Waals surface area contributed by atoms with Crippen molar-refractivity contribution < 1.29 is 67.2 Å². The molecule has 2 bridgehead atoms. The lowest BCUT2D eigenvalue weighted by Gasteiger charge is -2.41. The van der Waals surface area contributed by atoms with Crippen LogP contribution in [-0.4, -0.2) is 242 Å². The van der Waals surface area contributed by atoms with E-state index in [0.29, 0.717) is 59.5 Å². The summed E-state index contributed by atoms with van der Waals surface area (Å²) >= 11 is 4.04. The summed E-state index contributed by atoms with van der Waals surface area (Å²) in [5, 5.41) is 32.2. The third-order valence-electron chi connectivity index (χ3n) is 21.2. The summed E-state index contributed by atoms with van der Waals surface area (Å²) in [6.45, 7) is 17.8. The third-order valence-corrected chi connectivity index (χ3v) is 24.0. The largest absolute Gasteiger partial charge is 0.379 e. The van der Waals surface area contributed by atoms with E-state index in [4.69, 9.17) is 40.4 Å². The van der Waals surface area contributed by atoms with Crippen molar-refractivity contribution >= 4 is 93.4 Å². The molecule has 12 N–H and O–H groups in total. The van der Waals surface area contributed by atoms with Crippen LogP contribution in [-0.2, 0) is 75.2 Å². The van der Waals surface area contributed by atoms with Crippen LogP contribution in [0.4, 0.5) is 5.69 Å². The van der Waals surface area contributed by atoms with Crippen LogP contribution in [0.5, 0.6) is 0 Å². The lowest BCUT2D eigenvalue weighted by Crippen LogP contribution is -2.59. The van der Waals surface area contributed by atoms with Crippen molar-refractivity contribution in [2.75, 3.05) is 86.7 Å². The molecule has 109 heavy (non-hydrogen) atoms. The van der Waals surface area contributed by atoms with Crippen molar-refractivity contribution in [1.82, 2.24) is 56.6 Å². The average Bonchev–Trinajstić information content (AvgIpc) is 0.998. The highest BCUT2D eigenvalue weighted by atomic mass is 32.2. The number of thioether (sulfide) groups is 2. The van der Waals surface area contributed by atoms with Gasteiger partial charge in [-0.3, -0.25) is 48.1 Å². The summed E-state index contributed by atoms with van der Waals surface area (Å²) in [4.78, 5) is 137. The number of nitrogens with one attached hydrogen (secondary N) is 7. The first-order valence-corrected chi connectivity index (χ1v) is 41.4. The molecular formula is C79H128N14O14S2. The van der Waals surface area contributed by atoms with Crippen molar-refractivity contribution in [3.8, 4) is 0 Å². The van der Waals surface area contributed by atoms with Gasteiger partial charge >= 0.3 is 0 Å². The Bertz CT molecular complexity index is 3410. The second-order valence-corrected chi connectivity index (χ2v) is 33.1. The first kappa shape index (κ1) is 91.1. The molecular weight excluding hydrogens is 1430 g/mol. The number of anilines is 1. The predicted octanol–water partition coefficient (Wildman–Crippen LogP) is 5.96. The summed E-state index contributed by atoms with van der Waals surface area (Å²) in [6.07, 6.45) is 10.4. The number of likely N-dealkylation sites (tertiary alicyclic amines) is 1. The number of likely N-dealkylation sites (N-methyl/N-ethyl adjacent to an activating group) is 2. The van der Waals surface area contributed by atoms with Crippen LogP contribution < -0.4 is 48.7 Å². The Morgan fingerprint density at radius 2 is 1.28 bits per heavy atom. The quantitative estimate of drug-likeness (QED) is 0.0231. The van der Waals surface area contributed by atoms with Crippen LogP contribution in [0.25, 0.3) is 11.0 Å². The number of aliphatic hydroxyl groups is 1. The predicted molar refractivity (Wildman–Crippen MR) is 427 cm³/mol. The number of nitrogens with zero attached hydrogens (tertiary/aromatic N) is 5. The lowest BCUT2D eigenvalue weighted by molar-refractivity contribution is -0.148. The number of rotatable bonds is 41. The molecule has 1 aromatic heterocycles. The van der Waals surface area contributed by atoms with E-state index in [1.54, 1.807) is 54.1 Å². The maximum Gasteiger partial charge on any atom is 0.251 e. The molecule has 3 unspecified atom stereocenters. The van der Waals surface area contributed by atoms with Gasteiger partial charge in [-0.1, -0.05) is 99.1 Å². The zero-order valence-corrected chi connectivity index (χ0v) is 68.6. The van der Waals surface area contributed by atoms with Crippen molar-refractivity contribution in [3.05, 3.63) is 65.0 Å². The molecule has 2 aliphatic heterocycles. The van der Waals surface area contributed by atoms with Crippen molar-refractivity contribution in [2.24, 2.45) is 35.1 Å². The van der Waals surface area contributed by atoms with Crippen molar-refractivity contribution in [1.29, 1.82) is 0 Å². The second-order valence-electron chi connectivity index (χ2n) is 30.5. The zero-order chi connectivity index (χ0) is 80.0. The Hall–Kier alpha value is -6.77. The number of benzene rings is 2. The Morgan fingerprint density at radius 1 is 0.670 bits per heavy atom. The number of hydrogen-bond donors (Lipinski definition) is 10. The van der Waals surface area contributed by atoms with Crippen molar-refractivity contribution in [2.45, 2.75) is 254 Å². The molecule has 3 heterocycles. The van der Waals surface area contributed by atoms with E-state index < -0.39 is 103 Å².